The Morgan fingerprint density at radius 3 is 2.70 bits per heavy atom. The second kappa shape index (κ2) is 6.66. The number of halogens is 1. The van der Waals surface area contributed by atoms with Gasteiger partial charge in [-0.1, -0.05) is 19.1 Å². The normalized spacial score (nSPS) is 10.3. The highest BCUT2D eigenvalue weighted by Crippen LogP contribution is 2.35. The van der Waals surface area contributed by atoms with Gasteiger partial charge in [0.1, 0.15) is 0 Å². The van der Waals surface area contributed by atoms with Crippen LogP contribution < -0.4 is 10.1 Å². The monoisotopic (exact) mass is 335 g/mol. The van der Waals surface area contributed by atoms with Gasteiger partial charge in [0.15, 0.2) is 11.5 Å². The van der Waals surface area contributed by atoms with Crippen LogP contribution in [0.15, 0.2) is 40.9 Å². The van der Waals surface area contributed by atoms with Gasteiger partial charge >= 0.3 is 0 Å². The molecule has 2 aromatic rings. The average Bonchev–Trinajstić information content (AvgIpc) is 2.48. The van der Waals surface area contributed by atoms with Crippen LogP contribution in [-0.4, -0.2) is 12.2 Å². The molecular weight excluding hydrogens is 318 g/mol. The van der Waals surface area contributed by atoms with Crippen molar-refractivity contribution < 1.29 is 9.84 Å². The maximum absolute atomic E-state index is 9.78. The van der Waals surface area contributed by atoms with Gasteiger partial charge in [-0.05, 0) is 57.7 Å². The summed E-state index contributed by atoms with van der Waals surface area (Å²) in [6.07, 6.45) is 1.02. The lowest BCUT2D eigenvalue weighted by Gasteiger charge is -2.11. The van der Waals surface area contributed by atoms with Crippen molar-refractivity contribution in [2.24, 2.45) is 0 Å². The summed E-state index contributed by atoms with van der Waals surface area (Å²) in [5.74, 6) is 0.600. The van der Waals surface area contributed by atoms with E-state index in [1.807, 2.05) is 18.2 Å². The van der Waals surface area contributed by atoms with Crippen molar-refractivity contribution in [2.45, 2.75) is 19.9 Å². The van der Waals surface area contributed by atoms with E-state index < -0.39 is 0 Å². The number of rotatable bonds is 5. The minimum Gasteiger partial charge on any atom is -0.503 e. The Balaban J connectivity index is 2.12. The fraction of sp³-hybridized carbons (Fsp3) is 0.250. The molecule has 0 aliphatic heterocycles. The first-order valence-electron chi connectivity index (χ1n) is 6.52. The first-order valence-corrected chi connectivity index (χ1v) is 7.31. The number of ether oxygens (including phenoxy) is 1. The van der Waals surface area contributed by atoms with Gasteiger partial charge in [0.25, 0.3) is 0 Å². The van der Waals surface area contributed by atoms with Gasteiger partial charge in [-0.2, -0.15) is 0 Å². The van der Waals surface area contributed by atoms with E-state index in [4.69, 9.17) is 4.74 Å². The van der Waals surface area contributed by atoms with Gasteiger partial charge in [0, 0.05) is 12.2 Å². The summed E-state index contributed by atoms with van der Waals surface area (Å²) in [6.45, 7) is 2.81. The molecule has 0 fully saturated rings. The van der Waals surface area contributed by atoms with Crippen molar-refractivity contribution >= 4 is 21.6 Å². The molecule has 0 atom stereocenters. The van der Waals surface area contributed by atoms with Crippen LogP contribution in [0.2, 0.25) is 0 Å². The zero-order valence-electron chi connectivity index (χ0n) is 11.6. The summed E-state index contributed by atoms with van der Waals surface area (Å²) in [4.78, 5) is 0. The van der Waals surface area contributed by atoms with Crippen LogP contribution in [0.25, 0.3) is 0 Å². The lowest BCUT2D eigenvalue weighted by Crippen LogP contribution is -2.00. The van der Waals surface area contributed by atoms with Gasteiger partial charge in [-0.15, -0.1) is 0 Å². The molecule has 0 radical (unpaired) electrons. The third-order valence-corrected chi connectivity index (χ3v) is 3.74. The van der Waals surface area contributed by atoms with Gasteiger partial charge in [0.2, 0.25) is 0 Å². The third kappa shape index (κ3) is 3.45. The van der Waals surface area contributed by atoms with Crippen molar-refractivity contribution in [2.75, 3.05) is 12.4 Å². The Labute approximate surface area is 127 Å². The molecule has 4 heteroatoms. The minimum absolute atomic E-state index is 0.129. The van der Waals surface area contributed by atoms with Crippen molar-refractivity contribution in [3.05, 3.63) is 52.0 Å². The molecule has 2 rings (SSSR count). The Kier molecular flexibility index (Phi) is 4.90. The van der Waals surface area contributed by atoms with Crippen molar-refractivity contribution in [1.29, 1.82) is 0 Å². The Morgan fingerprint density at radius 1 is 1.20 bits per heavy atom. The lowest BCUT2D eigenvalue weighted by molar-refractivity contribution is 0.371. The summed E-state index contributed by atoms with van der Waals surface area (Å²) in [5.41, 5.74) is 3.43. The fourth-order valence-corrected chi connectivity index (χ4v) is 2.48. The van der Waals surface area contributed by atoms with Gasteiger partial charge in [-0.3, -0.25) is 0 Å². The average molecular weight is 336 g/mol. The minimum atomic E-state index is 0.129. The van der Waals surface area contributed by atoms with Gasteiger partial charge < -0.3 is 15.2 Å². The van der Waals surface area contributed by atoms with E-state index in [2.05, 4.69) is 46.4 Å². The molecule has 0 saturated heterocycles. The number of aromatic hydroxyl groups is 1. The number of phenolic OH excluding ortho intramolecular Hbond substituents is 1. The first-order chi connectivity index (χ1) is 9.63. The van der Waals surface area contributed by atoms with Crippen LogP contribution in [0.5, 0.6) is 11.5 Å². The van der Waals surface area contributed by atoms with E-state index in [1.54, 1.807) is 7.11 Å². The van der Waals surface area contributed by atoms with Crippen LogP contribution in [0, 0.1) is 0 Å². The lowest BCUT2D eigenvalue weighted by atomic mass is 10.1. The van der Waals surface area contributed by atoms with E-state index in [1.165, 1.54) is 5.56 Å². The van der Waals surface area contributed by atoms with Crippen LogP contribution >= 0.6 is 15.9 Å². The molecule has 20 heavy (non-hydrogen) atoms. The second-order valence-electron chi connectivity index (χ2n) is 4.54. The largest absolute Gasteiger partial charge is 0.503 e. The molecule has 0 bridgehead atoms. The summed E-state index contributed by atoms with van der Waals surface area (Å²) in [6, 6.07) is 12.1. The van der Waals surface area contributed by atoms with E-state index >= 15 is 0 Å². The van der Waals surface area contributed by atoms with E-state index in [-0.39, 0.29) is 5.75 Å². The molecule has 3 nitrogen and oxygen atoms in total. The summed E-state index contributed by atoms with van der Waals surface area (Å²) < 4.78 is 5.78. The molecular formula is C16H18BrNO2. The Morgan fingerprint density at radius 2 is 2.00 bits per heavy atom. The zero-order chi connectivity index (χ0) is 14.5. The highest BCUT2D eigenvalue weighted by Gasteiger charge is 2.08. The number of methoxy groups -OCH3 is 1. The maximum atomic E-state index is 9.78. The predicted octanol–water partition coefficient (Wildman–Crippen LogP) is 4.34. The van der Waals surface area contributed by atoms with E-state index in [0.717, 1.165) is 17.7 Å². The Bertz CT molecular complexity index is 599. The number of hydrogen-bond acceptors (Lipinski definition) is 3. The molecule has 2 aromatic carbocycles. The summed E-state index contributed by atoms with van der Waals surface area (Å²) in [5, 5.41) is 13.2. The topological polar surface area (TPSA) is 41.5 Å². The number of aryl methyl sites for hydroxylation is 1. The first kappa shape index (κ1) is 14.7. The SMILES string of the molecule is CCc1cccc(NCc2cc(Br)c(O)c(OC)c2)c1. The predicted molar refractivity (Wildman–Crippen MR) is 85.5 cm³/mol. The van der Waals surface area contributed by atoms with Gasteiger partial charge in [0.05, 0.1) is 11.6 Å². The third-order valence-electron chi connectivity index (χ3n) is 3.14. The van der Waals surface area contributed by atoms with Crippen LogP contribution in [0.1, 0.15) is 18.1 Å². The molecule has 0 saturated carbocycles. The molecule has 0 aliphatic carbocycles. The maximum Gasteiger partial charge on any atom is 0.172 e. The highest BCUT2D eigenvalue weighted by atomic mass is 79.9. The Hall–Kier alpha value is -1.68. The standard InChI is InChI=1S/C16H18BrNO2/c1-3-11-5-4-6-13(7-11)18-10-12-8-14(17)16(19)15(9-12)20-2/h4-9,18-19H,3,10H2,1-2H3. The molecule has 0 aromatic heterocycles. The number of nitrogens with one attached hydrogen (secondary N) is 1. The summed E-state index contributed by atoms with van der Waals surface area (Å²) in [7, 11) is 1.55. The second-order valence-corrected chi connectivity index (χ2v) is 5.39. The molecule has 2 N–H and O–H groups in total. The van der Waals surface area contributed by atoms with E-state index in [9.17, 15) is 5.11 Å². The number of phenols is 1. The summed E-state index contributed by atoms with van der Waals surface area (Å²) >= 11 is 3.33. The van der Waals surface area contributed by atoms with E-state index in [0.29, 0.717) is 16.8 Å². The quantitative estimate of drug-likeness (QED) is 0.854. The number of benzene rings is 2. The smallest absolute Gasteiger partial charge is 0.172 e. The van der Waals surface area contributed by atoms with Crippen LogP contribution in [0.3, 0.4) is 0 Å². The molecule has 0 spiro atoms. The molecule has 0 amide bonds. The highest BCUT2D eigenvalue weighted by molar-refractivity contribution is 9.10. The number of hydrogen-bond donors (Lipinski definition) is 2. The van der Waals surface area contributed by atoms with Gasteiger partial charge in [-0.25, -0.2) is 0 Å². The van der Waals surface area contributed by atoms with Crippen molar-refractivity contribution in [3.63, 3.8) is 0 Å². The molecule has 0 aliphatic rings. The molecule has 106 valence electrons. The van der Waals surface area contributed by atoms with Crippen molar-refractivity contribution in [1.82, 2.24) is 0 Å². The fourth-order valence-electron chi connectivity index (χ4n) is 1.99. The molecule has 0 unspecified atom stereocenters. The molecule has 0 heterocycles. The number of anilines is 1. The van der Waals surface area contributed by atoms with Crippen LogP contribution in [0.4, 0.5) is 5.69 Å². The van der Waals surface area contributed by atoms with Crippen LogP contribution in [-0.2, 0) is 13.0 Å². The zero-order valence-corrected chi connectivity index (χ0v) is 13.2. The van der Waals surface area contributed by atoms with Crippen molar-refractivity contribution in [3.8, 4) is 11.5 Å².